The van der Waals surface area contributed by atoms with Gasteiger partial charge in [0.1, 0.15) is 0 Å². The maximum absolute atomic E-state index is 6.28. The molecular formula is C19H35NO2. The first kappa shape index (κ1) is 16.7. The summed E-state index contributed by atoms with van der Waals surface area (Å²) in [5.41, 5.74) is 0.467. The number of rotatable bonds is 4. The highest BCUT2D eigenvalue weighted by Gasteiger charge is 2.43. The van der Waals surface area contributed by atoms with E-state index in [1.165, 1.54) is 51.7 Å². The van der Waals surface area contributed by atoms with Gasteiger partial charge in [0.15, 0.2) is 5.79 Å². The Morgan fingerprint density at radius 3 is 2.18 bits per heavy atom. The molecule has 2 aliphatic heterocycles. The topological polar surface area (TPSA) is 21.7 Å². The van der Waals surface area contributed by atoms with Gasteiger partial charge in [-0.25, -0.2) is 0 Å². The van der Waals surface area contributed by atoms with Crippen molar-refractivity contribution >= 4 is 0 Å². The van der Waals surface area contributed by atoms with E-state index in [-0.39, 0.29) is 5.79 Å². The molecule has 128 valence electrons. The van der Waals surface area contributed by atoms with E-state index in [1.54, 1.807) is 0 Å². The van der Waals surface area contributed by atoms with Gasteiger partial charge in [0.05, 0.1) is 13.2 Å². The fraction of sp³-hybridized carbons (Fsp3) is 1.00. The highest BCUT2D eigenvalue weighted by atomic mass is 16.7. The molecule has 3 nitrogen and oxygen atoms in total. The van der Waals surface area contributed by atoms with Gasteiger partial charge in [-0.3, -0.25) is 0 Å². The molecule has 1 spiro atoms. The highest BCUT2D eigenvalue weighted by Crippen LogP contribution is 2.46. The Kier molecular flexibility index (Phi) is 5.16. The molecule has 3 heteroatoms. The van der Waals surface area contributed by atoms with Crippen LogP contribution in [0.2, 0.25) is 0 Å². The minimum atomic E-state index is -0.234. The summed E-state index contributed by atoms with van der Waals surface area (Å²) >= 11 is 0. The van der Waals surface area contributed by atoms with Gasteiger partial charge < -0.3 is 14.4 Å². The van der Waals surface area contributed by atoms with Gasteiger partial charge in [-0.05, 0) is 50.1 Å². The van der Waals surface area contributed by atoms with Crippen LogP contribution < -0.4 is 0 Å². The van der Waals surface area contributed by atoms with Crippen LogP contribution in [-0.4, -0.2) is 43.5 Å². The quantitative estimate of drug-likeness (QED) is 0.781. The Bertz CT molecular complexity index is 344. The van der Waals surface area contributed by atoms with E-state index in [4.69, 9.17) is 9.47 Å². The summed E-state index contributed by atoms with van der Waals surface area (Å²) < 4.78 is 12.6. The summed E-state index contributed by atoms with van der Waals surface area (Å²) in [6.45, 7) is 12.7. The zero-order valence-electron chi connectivity index (χ0n) is 14.9. The van der Waals surface area contributed by atoms with Crippen molar-refractivity contribution in [2.45, 2.75) is 71.5 Å². The summed E-state index contributed by atoms with van der Waals surface area (Å²) in [5, 5.41) is 0. The summed E-state index contributed by atoms with van der Waals surface area (Å²) in [7, 11) is 0. The van der Waals surface area contributed by atoms with Crippen molar-refractivity contribution in [1.29, 1.82) is 0 Å². The van der Waals surface area contributed by atoms with Crippen LogP contribution in [0.15, 0.2) is 0 Å². The van der Waals surface area contributed by atoms with Crippen LogP contribution in [0.25, 0.3) is 0 Å². The zero-order chi connectivity index (χ0) is 15.6. The lowest BCUT2D eigenvalue weighted by Gasteiger charge is -2.47. The second-order valence-electron chi connectivity index (χ2n) is 8.52. The molecule has 0 aromatic carbocycles. The van der Waals surface area contributed by atoms with Crippen molar-refractivity contribution in [2.75, 3.05) is 32.8 Å². The van der Waals surface area contributed by atoms with Crippen LogP contribution >= 0.6 is 0 Å². The van der Waals surface area contributed by atoms with E-state index in [1.807, 2.05) is 0 Å². The molecule has 22 heavy (non-hydrogen) atoms. The largest absolute Gasteiger partial charge is 0.350 e. The minimum absolute atomic E-state index is 0.234. The number of hydrogen-bond donors (Lipinski definition) is 0. The van der Waals surface area contributed by atoms with Crippen molar-refractivity contribution in [1.82, 2.24) is 4.90 Å². The molecule has 0 radical (unpaired) electrons. The van der Waals surface area contributed by atoms with E-state index in [0.29, 0.717) is 11.3 Å². The molecule has 0 aromatic rings. The fourth-order valence-electron chi connectivity index (χ4n) is 4.48. The van der Waals surface area contributed by atoms with Gasteiger partial charge in [0.25, 0.3) is 0 Å². The Morgan fingerprint density at radius 1 is 1.05 bits per heavy atom. The van der Waals surface area contributed by atoms with Crippen molar-refractivity contribution in [3.63, 3.8) is 0 Å². The van der Waals surface area contributed by atoms with Crippen molar-refractivity contribution < 1.29 is 9.47 Å². The Labute approximate surface area is 136 Å². The first-order chi connectivity index (χ1) is 10.5. The molecule has 3 fully saturated rings. The van der Waals surface area contributed by atoms with E-state index < -0.39 is 0 Å². The molecule has 0 atom stereocenters. The first-order valence-corrected chi connectivity index (χ1v) is 9.53. The summed E-state index contributed by atoms with van der Waals surface area (Å²) in [6.07, 6.45) is 8.72. The molecule has 2 saturated heterocycles. The molecule has 0 aromatic heterocycles. The van der Waals surface area contributed by atoms with Crippen molar-refractivity contribution in [3.05, 3.63) is 0 Å². The molecule has 2 heterocycles. The van der Waals surface area contributed by atoms with Crippen LogP contribution in [0, 0.1) is 17.3 Å². The number of ether oxygens (including phenoxy) is 2. The van der Waals surface area contributed by atoms with Gasteiger partial charge in [-0.15, -0.1) is 0 Å². The average molecular weight is 309 g/mol. The second-order valence-corrected chi connectivity index (χ2v) is 8.52. The molecule has 0 N–H and O–H groups in total. The SMILES string of the molecule is CCC(C)(C)C1CCC2(CC1)OCC(CN1CCCC1)CO2. The van der Waals surface area contributed by atoms with E-state index in [0.717, 1.165) is 32.0 Å². The minimum Gasteiger partial charge on any atom is -0.350 e. The molecule has 0 bridgehead atoms. The monoisotopic (exact) mass is 309 g/mol. The van der Waals surface area contributed by atoms with E-state index in [9.17, 15) is 0 Å². The van der Waals surface area contributed by atoms with Gasteiger partial charge in [0, 0.05) is 25.3 Å². The van der Waals surface area contributed by atoms with Crippen molar-refractivity contribution in [3.8, 4) is 0 Å². The standard InChI is InChI=1S/C19H35NO2/c1-4-18(2,3)17-7-9-19(10-8-17)21-14-16(15-22-19)13-20-11-5-6-12-20/h16-17H,4-15H2,1-3H3. The van der Waals surface area contributed by atoms with Crippen molar-refractivity contribution in [2.24, 2.45) is 17.3 Å². The summed E-state index contributed by atoms with van der Waals surface area (Å²) in [4.78, 5) is 2.58. The van der Waals surface area contributed by atoms with Crippen LogP contribution in [0.1, 0.15) is 65.7 Å². The smallest absolute Gasteiger partial charge is 0.168 e. The van der Waals surface area contributed by atoms with E-state index in [2.05, 4.69) is 25.7 Å². The first-order valence-electron chi connectivity index (χ1n) is 9.53. The lowest BCUT2D eigenvalue weighted by atomic mass is 9.68. The number of hydrogen-bond acceptors (Lipinski definition) is 3. The third-order valence-electron chi connectivity index (χ3n) is 6.64. The molecule has 0 amide bonds. The Balaban J connectivity index is 1.45. The number of likely N-dealkylation sites (tertiary alicyclic amines) is 1. The molecule has 3 aliphatic rings. The lowest BCUT2D eigenvalue weighted by molar-refractivity contribution is -0.300. The molecule has 1 saturated carbocycles. The molecular weight excluding hydrogens is 274 g/mol. The highest BCUT2D eigenvalue weighted by molar-refractivity contribution is 4.88. The second kappa shape index (κ2) is 6.78. The summed E-state index contributed by atoms with van der Waals surface area (Å²) in [5.74, 6) is 1.17. The number of nitrogens with zero attached hydrogens (tertiary/aromatic N) is 1. The maximum atomic E-state index is 6.28. The maximum Gasteiger partial charge on any atom is 0.168 e. The molecule has 3 rings (SSSR count). The molecule has 0 unspecified atom stereocenters. The predicted molar refractivity (Wildman–Crippen MR) is 89.8 cm³/mol. The van der Waals surface area contributed by atoms with Gasteiger partial charge in [0.2, 0.25) is 0 Å². The van der Waals surface area contributed by atoms with E-state index >= 15 is 0 Å². The van der Waals surface area contributed by atoms with Gasteiger partial charge in [-0.1, -0.05) is 27.2 Å². The fourth-order valence-corrected chi connectivity index (χ4v) is 4.48. The van der Waals surface area contributed by atoms with Crippen LogP contribution in [0.4, 0.5) is 0 Å². The average Bonchev–Trinajstić information content (AvgIpc) is 3.03. The summed E-state index contributed by atoms with van der Waals surface area (Å²) in [6, 6.07) is 0. The van der Waals surface area contributed by atoms with Gasteiger partial charge >= 0.3 is 0 Å². The lowest BCUT2D eigenvalue weighted by Crippen LogP contribution is -2.49. The Hall–Kier alpha value is -0.120. The normalized spacial score (nSPS) is 37.8. The van der Waals surface area contributed by atoms with Crippen LogP contribution in [0.3, 0.4) is 0 Å². The zero-order valence-corrected chi connectivity index (χ0v) is 14.9. The van der Waals surface area contributed by atoms with Gasteiger partial charge in [-0.2, -0.15) is 0 Å². The third kappa shape index (κ3) is 3.68. The molecule has 1 aliphatic carbocycles. The predicted octanol–water partition coefficient (Wildman–Crippen LogP) is 4.07. The van der Waals surface area contributed by atoms with Crippen LogP contribution in [-0.2, 0) is 9.47 Å². The Morgan fingerprint density at radius 2 is 1.64 bits per heavy atom. The van der Waals surface area contributed by atoms with Crippen LogP contribution in [0.5, 0.6) is 0 Å². The third-order valence-corrected chi connectivity index (χ3v) is 6.64.